The summed E-state index contributed by atoms with van der Waals surface area (Å²) in [6, 6.07) is 0. The summed E-state index contributed by atoms with van der Waals surface area (Å²) in [6.07, 6.45) is 3.95. The van der Waals surface area contributed by atoms with Crippen LogP contribution in [0.5, 0.6) is 0 Å². The zero-order valence-corrected chi connectivity index (χ0v) is 10.0. The van der Waals surface area contributed by atoms with E-state index in [0.29, 0.717) is 22.7 Å². The highest BCUT2D eigenvalue weighted by Gasteiger charge is 2.44. The zero-order chi connectivity index (χ0) is 10.6. The van der Waals surface area contributed by atoms with Crippen molar-refractivity contribution in [1.82, 2.24) is 0 Å². The van der Waals surface area contributed by atoms with Crippen LogP contribution in [0.3, 0.4) is 0 Å². The first-order chi connectivity index (χ1) is 7.05. The van der Waals surface area contributed by atoms with Gasteiger partial charge in [0.1, 0.15) is 11.4 Å². The third-order valence-electron chi connectivity index (χ3n) is 3.43. The Kier molecular flexibility index (Phi) is 1.97. The molecule has 0 N–H and O–H groups in total. The first-order valence-corrected chi connectivity index (χ1v) is 6.60. The van der Waals surface area contributed by atoms with Gasteiger partial charge in [0.05, 0.1) is 6.42 Å². The molecule has 2 bridgehead atoms. The van der Waals surface area contributed by atoms with Gasteiger partial charge in [-0.3, -0.25) is 4.79 Å². The molecule has 0 aromatic heterocycles. The quantitative estimate of drug-likeness (QED) is 0.633. The average Bonchev–Trinajstić information content (AvgIpc) is 2.44. The molecule has 2 atom stereocenters. The van der Waals surface area contributed by atoms with Gasteiger partial charge in [-0.25, -0.2) is 0 Å². The standard InChI is InChI=1S/C12H16O2S/c1-12(2)6-8(13)11-9(14-12)5-7-3-4-10(11)15-7/h7,10H,3-6H2,1-2H3. The lowest BCUT2D eigenvalue weighted by Gasteiger charge is -2.37. The topological polar surface area (TPSA) is 26.3 Å². The second-order valence-corrected chi connectivity index (χ2v) is 6.83. The van der Waals surface area contributed by atoms with E-state index in [1.165, 1.54) is 12.8 Å². The number of rotatable bonds is 0. The maximum Gasteiger partial charge on any atom is 0.167 e. The van der Waals surface area contributed by atoms with Crippen molar-refractivity contribution in [1.29, 1.82) is 0 Å². The fourth-order valence-electron chi connectivity index (χ4n) is 2.85. The number of hydrogen-bond donors (Lipinski definition) is 0. The van der Waals surface area contributed by atoms with E-state index in [1.807, 2.05) is 25.6 Å². The van der Waals surface area contributed by atoms with Crippen molar-refractivity contribution >= 4 is 17.5 Å². The summed E-state index contributed by atoms with van der Waals surface area (Å²) in [7, 11) is 0. The Hall–Kier alpha value is -0.440. The van der Waals surface area contributed by atoms with Gasteiger partial charge in [-0.15, -0.1) is 11.8 Å². The van der Waals surface area contributed by atoms with Crippen LogP contribution in [0, 0.1) is 0 Å². The summed E-state index contributed by atoms with van der Waals surface area (Å²) in [6.45, 7) is 4.02. The predicted octanol–water partition coefficient (Wildman–Crippen LogP) is 2.68. The molecule has 0 aromatic carbocycles. The molecule has 3 rings (SSSR count). The van der Waals surface area contributed by atoms with Gasteiger partial charge in [-0.1, -0.05) is 0 Å². The first-order valence-electron chi connectivity index (χ1n) is 5.66. The van der Waals surface area contributed by atoms with Crippen molar-refractivity contribution in [3.8, 4) is 0 Å². The van der Waals surface area contributed by atoms with Gasteiger partial charge in [-0.2, -0.15) is 0 Å². The minimum Gasteiger partial charge on any atom is -0.491 e. The molecule has 0 saturated carbocycles. The minimum atomic E-state index is -0.280. The van der Waals surface area contributed by atoms with E-state index in [2.05, 4.69) is 0 Å². The Bertz CT molecular complexity index is 357. The number of carbonyl (C=O) groups is 1. The Morgan fingerprint density at radius 3 is 3.00 bits per heavy atom. The lowest BCUT2D eigenvalue weighted by atomic mass is 9.90. The number of ketones is 1. The Morgan fingerprint density at radius 1 is 1.40 bits per heavy atom. The number of fused-ring (bicyclic) bond motifs is 3. The summed E-state index contributed by atoms with van der Waals surface area (Å²) >= 11 is 1.98. The van der Waals surface area contributed by atoms with Crippen molar-refractivity contribution in [2.45, 2.75) is 55.6 Å². The molecule has 0 radical (unpaired) electrons. The maximum atomic E-state index is 12.1. The lowest BCUT2D eigenvalue weighted by molar-refractivity contribution is -0.123. The van der Waals surface area contributed by atoms with Gasteiger partial charge in [0, 0.05) is 22.5 Å². The summed E-state index contributed by atoms with van der Waals surface area (Å²) in [5.74, 6) is 1.35. The zero-order valence-electron chi connectivity index (χ0n) is 9.21. The van der Waals surface area contributed by atoms with Crippen LogP contribution in [0.1, 0.15) is 39.5 Å². The van der Waals surface area contributed by atoms with Crippen LogP contribution in [0.2, 0.25) is 0 Å². The second kappa shape index (κ2) is 3.03. The smallest absolute Gasteiger partial charge is 0.167 e. The average molecular weight is 224 g/mol. The van der Waals surface area contributed by atoms with Crippen molar-refractivity contribution in [3.63, 3.8) is 0 Å². The molecule has 2 nitrogen and oxygen atoms in total. The highest BCUT2D eigenvalue weighted by Crippen LogP contribution is 2.50. The molecule has 15 heavy (non-hydrogen) atoms. The van der Waals surface area contributed by atoms with Crippen molar-refractivity contribution in [2.75, 3.05) is 0 Å². The second-order valence-electron chi connectivity index (χ2n) is 5.33. The van der Waals surface area contributed by atoms with Gasteiger partial charge in [0.25, 0.3) is 0 Å². The van der Waals surface area contributed by atoms with Gasteiger partial charge < -0.3 is 4.74 Å². The SMILES string of the molecule is CC1(C)CC(=O)C2=C(CC3CCC2S3)O1. The van der Waals surface area contributed by atoms with E-state index < -0.39 is 0 Å². The van der Waals surface area contributed by atoms with Crippen LogP contribution < -0.4 is 0 Å². The number of allylic oxidation sites excluding steroid dienone is 1. The van der Waals surface area contributed by atoms with Crippen molar-refractivity contribution < 1.29 is 9.53 Å². The van der Waals surface area contributed by atoms with Crippen LogP contribution in [0.15, 0.2) is 11.3 Å². The molecule has 1 fully saturated rings. The summed E-state index contributed by atoms with van der Waals surface area (Å²) in [5, 5.41) is 1.15. The van der Waals surface area contributed by atoms with E-state index in [9.17, 15) is 4.79 Å². The Morgan fingerprint density at radius 2 is 2.20 bits per heavy atom. The third-order valence-corrected chi connectivity index (χ3v) is 5.02. The fraction of sp³-hybridized carbons (Fsp3) is 0.750. The van der Waals surface area contributed by atoms with Crippen LogP contribution in [0.4, 0.5) is 0 Å². The predicted molar refractivity (Wildman–Crippen MR) is 60.8 cm³/mol. The largest absolute Gasteiger partial charge is 0.491 e. The van der Waals surface area contributed by atoms with Crippen LogP contribution >= 0.6 is 11.8 Å². The molecular formula is C12H16O2S. The number of Topliss-reactive ketones (excluding diaryl/α,β-unsaturated/α-hetero) is 1. The van der Waals surface area contributed by atoms with Gasteiger partial charge in [-0.05, 0) is 26.7 Å². The van der Waals surface area contributed by atoms with E-state index in [4.69, 9.17) is 4.74 Å². The molecule has 3 aliphatic rings. The molecule has 0 aromatic rings. The molecule has 2 unspecified atom stereocenters. The molecular weight excluding hydrogens is 208 g/mol. The molecule has 0 amide bonds. The molecule has 3 heterocycles. The molecule has 1 saturated heterocycles. The van der Waals surface area contributed by atoms with Gasteiger partial charge in [0.15, 0.2) is 5.78 Å². The van der Waals surface area contributed by atoms with Crippen LogP contribution in [-0.2, 0) is 9.53 Å². The summed E-state index contributed by atoms with van der Waals surface area (Å²) in [5.41, 5.74) is 0.741. The van der Waals surface area contributed by atoms with Crippen LogP contribution in [0.25, 0.3) is 0 Å². The molecule has 0 spiro atoms. The molecule has 0 aliphatic carbocycles. The maximum absolute atomic E-state index is 12.1. The van der Waals surface area contributed by atoms with Crippen LogP contribution in [-0.4, -0.2) is 21.9 Å². The van der Waals surface area contributed by atoms with Crippen molar-refractivity contribution in [3.05, 3.63) is 11.3 Å². The van der Waals surface area contributed by atoms with Crippen molar-refractivity contribution in [2.24, 2.45) is 0 Å². The van der Waals surface area contributed by atoms with Gasteiger partial charge in [0.2, 0.25) is 0 Å². The minimum absolute atomic E-state index is 0.280. The van der Waals surface area contributed by atoms with E-state index in [-0.39, 0.29) is 5.60 Å². The highest BCUT2D eigenvalue weighted by atomic mass is 32.2. The van der Waals surface area contributed by atoms with E-state index >= 15 is 0 Å². The lowest BCUT2D eigenvalue weighted by Crippen LogP contribution is -2.37. The fourth-order valence-corrected chi connectivity index (χ4v) is 4.50. The third kappa shape index (κ3) is 1.52. The number of thioether (sulfide) groups is 1. The molecule has 3 heteroatoms. The molecule has 3 aliphatic heterocycles. The van der Waals surface area contributed by atoms with E-state index in [0.717, 1.165) is 17.8 Å². The normalized spacial score (nSPS) is 37.6. The Labute approximate surface area is 94.4 Å². The molecule has 82 valence electrons. The summed E-state index contributed by atoms with van der Waals surface area (Å²) in [4.78, 5) is 12.1. The Balaban J connectivity index is 2.00. The number of carbonyl (C=O) groups excluding carboxylic acids is 1. The highest BCUT2D eigenvalue weighted by molar-refractivity contribution is 8.01. The number of ether oxygens (including phenoxy) is 1. The monoisotopic (exact) mass is 224 g/mol. The summed E-state index contributed by atoms with van der Waals surface area (Å²) < 4.78 is 5.97. The van der Waals surface area contributed by atoms with E-state index in [1.54, 1.807) is 0 Å². The number of hydrogen-bond acceptors (Lipinski definition) is 3. The van der Waals surface area contributed by atoms with Gasteiger partial charge >= 0.3 is 0 Å². The first kappa shape index (κ1) is 9.76.